The number of nitrogens with one attached hydrogen (secondary N) is 2. The van der Waals surface area contributed by atoms with Crippen molar-refractivity contribution >= 4 is 45.9 Å². The zero-order valence-corrected chi connectivity index (χ0v) is 19.6. The van der Waals surface area contributed by atoms with Crippen LogP contribution in [0.1, 0.15) is 18.9 Å². The molecule has 1 aromatic heterocycles. The summed E-state index contributed by atoms with van der Waals surface area (Å²) in [6.45, 7) is 3.65. The Morgan fingerprint density at radius 1 is 0.941 bits per heavy atom. The molecule has 0 saturated heterocycles. The van der Waals surface area contributed by atoms with Crippen LogP contribution in [-0.2, 0) is 9.59 Å². The van der Waals surface area contributed by atoms with E-state index in [0.717, 1.165) is 11.1 Å². The number of aromatic nitrogens is 2. The van der Waals surface area contributed by atoms with Gasteiger partial charge in [0.05, 0.1) is 11.3 Å². The third kappa shape index (κ3) is 5.58. The van der Waals surface area contributed by atoms with E-state index in [1.165, 1.54) is 23.9 Å². The molecule has 0 aliphatic rings. The second kappa shape index (κ2) is 10.4. The molecule has 0 spiro atoms. The van der Waals surface area contributed by atoms with Crippen molar-refractivity contribution in [1.29, 1.82) is 0 Å². The maximum atomic E-state index is 13.9. The normalized spacial score (nSPS) is 10.8. The van der Waals surface area contributed by atoms with E-state index in [-0.39, 0.29) is 23.4 Å². The van der Waals surface area contributed by atoms with Crippen LogP contribution < -0.4 is 10.6 Å². The number of halogens is 1. The molecule has 34 heavy (non-hydrogen) atoms. The molecule has 0 saturated carbocycles. The van der Waals surface area contributed by atoms with Crippen LogP contribution in [0.3, 0.4) is 0 Å². The first-order chi connectivity index (χ1) is 16.4. The Labute approximate surface area is 201 Å². The second-order valence-electron chi connectivity index (χ2n) is 7.65. The predicted octanol–water partition coefficient (Wildman–Crippen LogP) is 5.82. The van der Waals surface area contributed by atoms with Crippen molar-refractivity contribution in [3.63, 3.8) is 0 Å². The monoisotopic (exact) mass is 474 g/mol. The predicted molar refractivity (Wildman–Crippen MR) is 134 cm³/mol. The van der Waals surface area contributed by atoms with Gasteiger partial charge in [-0.15, -0.1) is 0 Å². The fourth-order valence-corrected chi connectivity index (χ4v) is 4.16. The van der Waals surface area contributed by atoms with Crippen LogP contribution in [0.15, 0.2) is 71.8 Å². The van der Waals surface area contributed by atoms with Crippen LogP contribution >= 0.6 is 11.8 Å². The molecular formula is C26H23FN4O2S. The molecule has 4 aromatic rings. The van der Waals surface area contributed by atoms with Gasteiger partial charge in [0, 0.05) is 28.7 Å². The van der Waals surface area contributed by atoms with Crippen LogP contribution in [0.2, 0.25) is 0 Å². The minimum atomic E-state index is -0.388. The molecule has 0 radical (unpaired) electrons. The Balaban J connectivity index is 1.51. The summed E-state index contributed by atoms with van der Waals surface area (Å²) in [6.07, 6.45) is 0.392. The SMILES string of the molecule is CCC(=O)Nc1ccc(NC(=O)CSc2nc(-c3ccccc3)nc3ccc(F)cc23)cc1C. The molecule has 0 bridgehead atoms. The lowest BCUT2D eigenvalue weighted by molar-refractivity contribution is -0.116. The van der Waals surface area contributed by atoms with Crippen LogP contribution in [0, 0.1) is 12.7 Å². The lowest BCUT2D eigenvalue weighted by Crippen LogP contribution is -2.15. The molecule has 0 unspecified atom stereocenters. The van der Waals surface area contributed by atoms with Gasteiger partial charge >= 0.3 is 0 Å². The first kappa shape index (κ1) is 23.4. The van der Waals surface area contributed by atoms with Crippen molar-refractivity contribution in [2.45, 2.75) is 25.3 Å². The number of carbonyl (C=O) groups excluding carboxylic acids is 2. The molecular weight excluding hydrogens is 451 g/mol. The summed E-state index contributed by atoms with van der Waals surface area (Å²) in [5, 5.41) is 6.78. The molecule has 172 valence electrons. The van der Waals surface area contributed by atoms with Gasteiger partial charge in [0.2, 0.25) is 11.8 Å². The van der Waals surface area contributed by atoms with Crippen LogP contribution in [0.25, 0.3) is 22.3 Å². The Morgan fingerprint density at radius 3 is 2.47 bits per heavy atom. The van der Waals surface area contributed by atoms with Crippen LogP contribution in [0.4, 0.5) is 15.8 Å². The third-order valence-corrected chi connectivity index (χ3v) is 6.09. The van der Waals surface area contributed by atoms with Gasteiger partial charge in [-0.2, -0.15) is 0 Å². The van der Waals surface area contributed by atoms with Gasteiger partial charge in [-0.3, -0.25) is 9.59 Å². The highest BCUT2D eigenvalue weighted by molar-refractivity contribution is 8.00. The van der Waals surface area contributed by atoms with Gasteiger partial charge in [-0.05, 0) is 48.9 Å². The fourth-order valence-electron chi connectivity index (χ4n) is 3.35. The van der Waals surface area contributed by atoms with Crippen molar-refractivity contribution in [2.75, 3.05) is 16.4 Å². The van der Waals surface area contributed by atoms with E-state index in [1.54, 1.807) is 31.2 Å². The molecule has 2 amide bonds. The van der Waals surface area contributed by atoms with E-state index in [0.29, 0.717) is 39.5 Å². The number of fused-ring (bicyclic) bond motifs is 1. The van der Waals surface area contributed by atoms with Gasteiger partial charge in [-0.1, -0.05) is 49.0 Å². The van der Waals surface area contributed by atoms with Crippen molar-refractivity contribution in [3.8, 4) is 11.4 Å². The van der Waals surface area contributed by atoms with E-state index in [1.807, 2.05) is 37.3 Å². The number of thioether (sulfide) groups is 1. The topological polar surface area (TPSA) is 84.0 Å². The third-order valence-electron chi connectivity index (χ3n) is 5.10. The summed E-state index contributed by atoms with van der Waals surface area (Å²) in [5.41, 5.74) is 3.63. The van der Waals surface area contributed by atoms with E-state index >= 15 is 0 Å². The van der Waals surface area contributed by atoms with Gasteiger partial charge in [-0.25, -0.2) is 14.4 Å². The minimum Gasteiger partial charge on any atom is -0.326 e. The van der Waals surface area contributed by atoms with Gasteiger partial charge in [0.15, 0.2) is 5.82 Å². The summed E-state index contributed by atoms with van der Waals surface area (Å²) in [7, 11) is 0. The van der Waals surface area contributed by atoms with Gasteiger partial charge in [0.25, 0.3) is 0 Å². The molecule has 0 aliphatic heterocycles. The molecule has 1 heterocycles. The summed E-state index contributed by atoms with van der Waals surface area (Å²) >= 11 is 1.23. The highest BCUT2D eigenvalue weighted by atomic mass is 32.2. The number of aryl methyl sites for hydroxylation is 1. The lowest BCUT2D eigenvalue weighted by atomic mass is 10.1. The number of hydrogen-bond acceptors (Lipinski definition) is 5. The molecule has 8 heteroatoms. The zero-order valence-electron chi connectivity index (χ0n) is 18.8. The molecule has 6 nitrogen and oxygen atoms in total. The quantitative estimate of drug-likeness (QED) is 0.260. The maximum absolute atomic E-state index is 13.9. The average molecular weight is 475 g/mol. The Bertz CT molecular complexity index is 1360. The van der Waals surface area contributed by atoms with E-state index in [4.69, 9.17) is 0 Å². The number of hydrogen-bond donors (Lipinski definition) is 2. The maximum Gasteiger partial charge on any atom is 0.234 e. The zero-order chi connectivity index (χ0) is 24.1. The van der Waals surface area contributed by atoms with Crippen LogP contribution in [0.5, 0.6) is 0 Å². The molecule has 3 aromatic carbocycles. The number of carbonyl (C=O) groups is 2. The largest absolute Gasteiger partial charge is 0.326 e. The Morgan fingerprint density at radius 2 is 1.74 bits per heavy atom. The van der Waals surface area contributed by atoms with Crippen molar-refractivity contribution in [3.05, 3.63) is 78.1 Å². The number of anilines is 2. The van der Waals surface area contributed by atoms with Gasteiger partial charge < -0.3 is 10.6 Å². The fraction of sp³-hybridized carbons (Fsp3) is 0.154. The lowest BCUT2D eigenvalue weighted by Gasteiger charge is -2.11. The number of nitrogens with zero attached hydrogens (tertiary/aromatic N) is 2. The second-order valence-corrected chi connectivity index (χ2v) is 8.61. The van der Waals surface area contributed by atoms with E-state index in [2.05, 4.69) is 20.6 Å². The highest BCUT2D eigenvalue weighted by Crippen LogP contribution is 2.29. The summed E-state index contributed by atoms with van der Waals surface area (Å²) < 4.78 is 13.9. The summed E-state index contributed by atoms with van der Waals surface area (Å²) in [6, 6.07) is 19.2. The smallest absolute Gasteiger partial charge is 0.234 e. The number of rotatable bonds is 7. The van der Waals surface area contributed by atoms with E-state index in [9.17, 15) is 14.0 Å². The summed E-state index contributed by atoms with van der Waals surface area (Å²) in [5.74, 6) is -0.0769. The Hall–Kier alpha value is -3.78. The molecule has 2 N–H and O–H groups in total. The van der Waals surface area contributed by atoms with Crippen molar-refractivity contribution in [2.24, 2.45) is 0 Å². The molecule has 4 rings (SSSR count). The number of amides is 2. The number of benzene rings is 3. The molecule has 0 fully saturated rings. The first-order valence-electron chi connectivity index (χ1n) is 10.8. The summed E-state index contributed by atoms with van der Waals surface area (Å²) in [4.78, 5) is 33.5. The molecule has 0 atom stereocenters. The van der Waals surface area contributed by atoms with Crippen molar-refractivity contribution < 1.29 is 14.0 Å². The first-order valence-corrected chi connectivity index (χ1v) is 11.8. The Kier molecular flexibility index (Phi) is 7.18. The standard InChI is InChI=1S/C26H23FN4O2S/c1-3-23(32)29-21-12-10-19(13-16(21)2)28-24(33)15-34-26-20-14-18(27)9-11-22(20)30-25(31-26)17-7-5-4-6-8-17/h4-14H,3,15H2,1-2H3,(H,28,33)(H,29,32). The van der Waals surface area contributed by atoms with Gasteiger partial charge in [0.1, 0.15) is 10.8 Å². The average Bonchev–Trinajstić information content (AvgIpc) is 2.84. The van der Waals surface area contributed by atoms with E-state index < -0.39 is 0 Å². The molecule has 0 aliphatic carbocycles. The van der Waals surface area contributed by atoms with Crippen LogP contribution in [-0.4, -0.2) is 27.5 Å². The highest BCUT2D eigenvalue weighted by Gasteiger charge is 2.13. The minimum absolute atomic E-state index is 0.0697. The van der Waals surface area contributed by atoms with Crippen molar-refractivity contribution in [1.82, 2.24) is 9.97 Å².